The fraction of sp³-hybridized carbons (Fsp3) is 0.444. The molecule has 0 spiro atoms. The van der Waals surface area contributed by atoms with Gasteiger partial charge in [-0.1, -0.05) is 12.1 Å². The standard InChI is InChI=1S/C27H30FN5O2/c1-16(19-3-2-4-21(28)8-19)30-22-6-5-20-14-29-24(31-23(20)9-22)32-25(34)33-26-10-17-7-18(11-26)13-27(35,12-17)15-26/h2-6,8-9,14,16-18,30,35H,7,10-13,15H2,1H3,(H2,29,31,32,33,34). The summed E-state index contributed by atoms with van der Waals surface area (Å²) >= 11 is 0. The molecule has 182 valence electrons. The van der Waals surface area contributed by atoms with Gasteiger partial charge in [-0.2, -0.15) is 0 Å². The summed E-state index contributed by atoms with van der Waals surface area (Å²) in [4.78, 5) is 21.8. The number of fused-ring (bicyclic) bond motifs is 1. The summed E-state index contributed by atoms with van der Waals surface area (Å²) in [7, 11) is 0. The molecule has 8 heteroatoms. The van der Waals surface area contributed by atoms with Crippen molar-refractivity contribution in [3.8, 4) is 0 Å². The minimum atomic E-state index is -0.636. The second-order valence-corrected chi connectivity index (χ2v) is 10.9. The second kappa shape index (κ2) is 8.16. The lowest BCUT2D eigenvalue weighted by atomic mass is 9.51. The number of hydrogen-bond donors (Lipinski definition) is 4. The summed E-state index contributed by atoms with van der Waals surface area (Å²) in [6.07, 6.45) is 7.04. The van der Waals surface area contributed by atoms with E-state index in [1.165, 1.54) is 12.1 Å². The van der Waals surface area contributed by atoms with Gasteiger partial charge in [0, 0.05) is 28.9 Å². The molecule has 4 saturated carbocycles. The third-order valence-corrected chi connectivity index (χ3v) is 7.95. The number of amides is 2. The highest BCUT2D eigenvalue weighted by atomic mass is 19.1. The molecule has 4 fully saturated rings. The Bertz CT molecular complexity index is 1280. The van der Waals surface area contributed by atoms with Gasteiger partial charge in [0.05, 0.1) is 11.1 Å². The number of nitrogens with one attached hydrogen (secondary N) is 3. The molecule has 4 aliphatic carbocycles. The molecule has 3 aromatic rings. The van der Waals surface area contributed by atoms with Crippen molar-refractivity contribution in [1.29, 1.82) is 0 Å². The molecule has 4 bridgehead atoms. The van der Waals surface area contributed by atoms with E-state index in [1.807, 2.05) is 31.2 Å². The molecule has 35 heavy (non-hydrogen) atoms. The monoisotopic (exact) mass is 475 g/mol. The van der Waals surface area contributed by atoms with Gasteiger partial charge in [0.1, 0.15) is 5.82 Å². The molecule has 2 amide bonds. The van der Waals surface area contributed by atoms with Crippen molar-refractivity contribution in [2.75, 3.05) is 10.6 Å². The van der Waals surface area contributed by atoms with Crippen molar-refractivity contribution in [3.63, 3.8) is 0 Å². The van der Waals surface area contributed by atoms with Crippen molar-refractivity contribution in [2.45, 2.75) is 62.6 Å². The fourth-order valence-corrected chi connectivity index (χ4v) is 7.02. The number of hydrogen-bond acceptors (Lipinski definition) is 5. The highest BCUT2D eigenvalue weighted by molar-refractivity contribution is 5.90. The van der Waals surface area contributed by atoms with Gasteiger partial charge >= 0.3 is 6.03 Å². The maximum atomic E-state index is 13.6. The summed E-state index contributed by atoms with van der Waals surface area (Å²) in [6, 6.07) is 11.8. The molecule has 0 radical (unpaired) electrons. The van der Waals surface area contributed by atoms with Gasteiger partial charge in [-0.15, -0.1) is 0 Å². The topological polar surface area (TPSA) is 99.2 Å². The van der Waals surface area contributed by atoms with Crippen LogP contribution in [0, 0.1) is 17.7 Å². The number of urea groups is 1. The van der Waals surface area contributed by atoms with Gasteiger partial charge in [-0.3, -0.25) is 5.32 Å². The summed E-state index contributed by atoms with van der Waals surface area (Å²) in [5.41, 5.74) is 1.40. The van der Waals surface area contributed by atoms with E-state index < -0.39 is 5.60 Å². The lowest BCUT2D eigenvalue weighted by Gasteiger charge is -2.60. The summed E-state index contributed by atoms with van der Waals surface area (Å²) in [5.74, 6) is 0.936. The molecule has 0 aliphatic heterocycles. The van der Waals surface area contributed by atoms with Crippen molar-refractivity contribution >= 4 is 28.6 Å². The number of rotatable bonds is 5. The molecule has 3 unspecified atom stereocenters. The number of aromatic nitrogens is 2. The first-order valence-electron chi connectivity index (χ1n) is 12.4. The van der Waals surface area contributed by atoms with Crippen molar-refractivity contribution < 1.29 is 14.3 Å². The molecular formula is C27H30FN5O2. The van der Waals surface area contributed by atoms with E-state index >= 15 is 0 Å². The summed E-state index contributed by atoms with van der Waals surface area (Å²) < 4.78 is 13.6. The predicted octanol–water partition coefficient (Wildman–Crippen LogP) is 5.15. The van der Waals surface area contributed by atoms with Gasteiger partial charge < -0.3 is 15.7 Å². The number of carbonyl (C=O) groups is 1. The highest BCUT2D eigenvalue weighted by Crippen LogP contribution is 2.57. The third kappa shape index (κ3) is 4.43. The zero-order valence-electron chi connectivity index (χ0n) is 19.7. The number of halogens is 1. The molecule has 1 aromatic heterocycles. The van der Waals surface area contributed by atoms with Crippen molar-refractivity contribution in [3.05, 3.63) is 60.0 Å². The van der Waals surface area contributed by atoms with Crippen LogP contribution in [0.5, 0.6) is 0 Å². The number of benzene rings is 2. The average Bonchev–Trinajstić information content (AvgIpc) is 2.76. The van der Waals surface area contributed by atoms with Crippen LogP contribution < -0.4 is 16.0 Å². The van der Waals surface area contributed by atoms with Gasteiger partial charge in [0.25, 0.3) is 0 Å². The summed E-state index contributed by atoms with van der Waals surface area (Å²) in [6.45, 7) is 1.97. The summed E-state index contributed by atoms with van der Waals surface area (Å²) in [5, 5.41) is 21.1. The molecule has 3 atom stereocenters. The second-order valence-electron chi connectivity index (χ2n) is 10.9. The van der Waals surface area contributed by atoms with Crippen LogP contribution in [0.3, 0.4) is 0 Å². The van der Waals surface area contributed by atoms with Crippen LogP contribution in [-0.4, -0.2) is 32.2 Å². The van der Waals surface area contributed by atoms with Crippen molar-refractivity contribution in [2.24, 2.45) is 11.8 Å². The van der Waals surface area contributed by atoms with Crippen LogP contribution in [0.25, 0.3) is 10.9 Å². The number of anilines is 2. The molecule has 0 saturated heterocycles. The van der Waals surface area contributed by atoms with E-state index in [0.717, 1.165) is 48.7 Å². The van der Waals surface area contributed by atoms with Crippen LogP contribution >= 0.6 is 0 Å². The average molecular weight is 476 g/mol. The van der Waals surface area contributed by atoms with Crippen LogP contribution in [0.4, 0.5) is 20.8 Å². The van der Waals surface area contributed by atoms with E-state index in [2.05, 4.69) is 25.9 Å². The van der Waals surface area contributed by atoms with E-state index in [-0.39, 0.29) is 29.4 Å². The van der Waals surface area contributed by atoms with E-state index in [0.29, 0.717) is 23.8 Å². The minimum Gasteiger partial charge on any atom is -0.390 e. The first-order valence-corrected chi connectivity index (χ1v) is 12.4. The molecule has 7 nitrogen and oxygen atoms in total. The zero-order valence-corrected chi connectivity index (χ0v) is 19.7. The SMILES string of the molecule is CC(Nc1ccc2cnc(NC(=O)NC34CC5CC(CC(O)(C5)C3)C4)nc2c1)c1cccc(F)c1. The van der Waals surface area contributed by atoms with Crippen molar-refractivity contribution in [1.82, 2.24) is 15.3 Å². The number of aliphatic hydroxyl groups is 1. The molecule has 4 N–H and O–H groups in total. The highest BCUT2D eigenvalue weighted by Gasteiger charge is 2.57. The molecule has 7 rings (SSSR count). The lowest BCUT2D eigenvalue weighted by Crippen LogP contribution is -2.65. The maximum absolute atomic E-state index is 13.6. The molecule has 2 aromatic carbocycles. The largest absolute Gasteiger partial charge is 0.390 e. The third-order valence-electron chi connectivity index (χ3n) is 7.95. The Labute approximate surface area is 203 Å². The number of nitrogens with zero attached hydrogens (tertiary/aromatic N) is 2. The Morgan fingerprint density at radius 3 is 2.69 bits per heavy atom. The first kappa shape index (κ1) is 22.2. The normalized spacial score (nSPS) is 29.7. The van der Waals surface area contributed by atoms with Crippen LogP contribution in [0.2, 0.25) is 0 Å². The van der Waals surface area contributed by atoms with Gasteiger partial charge in [-0.05, 0) is 93.2 Å². The fourth-order valence-electron chi connectivity index (χ4n) is 7.02. The minimum absolute atomic E-state index is 0.0940. The predicted molar refractivity (Wildman–Crippen MR) is 132 cm³/mol. The molecule has 4 aliphatic rings. The molecule has 1 heterocycles. The van der Waals surface area contributed by atoms with E-state index in [9.17, 15) is 14.3 Å². The Morgan fingerprint density at radius 1 is 1.14 bits per heavy atom. The van der Waals surface area contributed by atoms with E-state index in [4.69, 9.17) is 0 Å². The van der Waals surface area contributed by atoms with Crippen LogP contribution in [-0.2, 0) is 0 Å². The van der Waals surface area contributed by atoms with Gasteiger partial charge in [-0.25, -0.2) is 19.2 Å². The smallest absolute Gasteiger partial charge is 0.322 e. The lowest BCUT2D eigenvalue weighted by molar-refractivity contribution is -0.138. The Kier molecular flexibility index (Phi) is 5.18. The van der Waals surface area contributed by atoms with Crippen LogP contribution in [0.1, 0.15) is 57.1 Å². The first-order chi connectivity index (χ1) is 16.8. The maximum Gasteiger partial charge on any atom is 0.322 e. The van der Waals surface area contributed by atoms with Gasteiger partial charge in [0.2, 0.25) is 5.95 Å². The zero-order chi connectivity index (χ0) is 24.2. The van der Waals surface area contributed by atoms with Crippen LogP contribution in [0.15, 0.2) is 48.7 Å². The molecular weight excluding hydrogens is 445 g/mol. The Morgan fingerprint density at radius 2 is 1.94 bits per heavy atom. The van der Waals surface area contributed by atoms with E-state index in [1.54, 1.807) is 12.3 Å². The van der Waals surface area contributed by atoms with Gasteiger partial charge in [0.15, 0.2) is 0 Å². The Hall–Kier alpha value is -3.26. The Balaban J connectivity index is 1.15. The number of carbonyl (C=O) groups excluding carboxylic acids is 1. The quantitative estimate of drug-likeness (QED) is 0.409.